The van der Waals surface area contributed by atoms with Crippen LogP contribution in [0.1, 0.15) is 18.1 Å². The van der Waals surface area contributed by atoms with Crippen molar-refractivity contribution < 1.29 is 14.8 Å². The zero-order valence-electron chi connectivity index (χ0n) is 8.30. The molecule has 0 aliphatic carbocycles. The summed E-state index contributed by atoms with van der Waals surface area (Å²) in [6, 6.07) is 5.40. The third kappa shape index (κ3) is 3.29. The summed E-state index contributed by atoms with van der Waals surface area (Å²) < 4.78 is 0. The lowest BCUT2D eigenvalue weighted by Crippen LogP contribution is -2.07. The molecule has 16 heavy (non-hydrogen) atoms. The predicted molar refractivity (Wildman–Crippen MR) is 58.4 cm³/mol. The van der Waals surface area contributed by atoms with E-state index in [1.54, 1.807) is 0 Å². The summed E-state index contributed by atoms with van der Waals surface area (Å²) in [6.45, 7) is 0. The summed E-state index contributed by atoms with van der Waals surface area (Å²) >= 11 is 5.30. The number of nitro groups is 1. The van der Waals surface area contributed by atoms with Gasteiger partial charge in [0.15, 0.2) is 5.78 Å². The number of halogens is 1. The summed E-state index contributed by atoms with van der Waals surface area (Å²) in [5, 5.41) is 20.0. The fourth-order valence-corrected chi connectivity index (χ4v) is 1.32. The largest absolute Gasteiger partial charge is 0.388 e. The number of carbonyl (C=O) groups is 1. The summed E-state index contributed by atoms with van der Waals surface area (Å²) in [4.78, 5) is 20.8. The van der Waals surface area contributed by atoms with Gasteiger partial charge in [-0.1, -0.05) is 0 Å². The second-order valence-corrected chi connectivity index (χ2v) is 3.51. The van der Waals surface area contributed by atoms with Crippen molar-refractivity contribution in [1.29, 1.82) is 0 Å². The first-order valence-corrected chi connectivity index (χ1v) is 5.08. The summed E-state index contributed by atoms with van der Waals surface area (Å²) in [7, 11) is 0. The van der Waals surface area contributed by atoms with Crippen LogP contribution in [0.15, 0.2) is 24.3 Å². The highest BCUT2D eigenvalue weighted by molar-refractivity contribution is 6.27. The lowest BCUT2D eigenvalue weighted by molar-refractivity contribution is -0.384. The van der Waals surface area contributed by atoms with Gasteiger partial charge in [-0.3, -0.25) is 14.9 Å². The molecule has 0 aromatic heterocycles. The highest BCUT2D eigenvalue weighted by atomic mass is 35.5. The molecule has 1 rings (SSSR count). The number of hydrogen-bond acceptors (Lipinski definition) is 4. The zero-order valence-corrected chi connectivity index (χ0v) is 9.05. The Morgan fingerprint density at radius 2 is 2.00 bits per heavy atom. The molecule has 0 saturated heterocycles. The van der Waals surface area contributed by atoms with Gasteiger partial charge in [0.1, 0.15) is 0 Å². The fraction of sp³-hybridized carbons (Fsp3) is 0.300. The zero-order chi connectivity index (χ0) is 12.1. The van der Waals surface area contributed by atoms with Crippen LogP contribution in [0.2, 0.25) is 0 Å². The van der Waals surface area contributed by atoms with E-state index in [0.717, 1.165) is 0 Å². The number of Topliss-reactive ketones (excluding diaryl/α,β-unsaturated/α-hetero) is 1. The Morgan fingerprint density at radius 3 is 2.44 bits per heavy atom. The summed E-state index contributed by atoms with van der Waals surface area (Å²) in [5.74, 6) is -0.420. The van der Waals surface area contributed by atoms with Gasteiger partial charge in [-0.15, -0.1) is 11.6 Å². The number of aliphatic hydroxyl groups excluding tert-OH is 1. The number of alkyl halides is 1. The number of rotatable bonds is 5. The molecular weight excluding hydrogens is 234 g/mol. The van der Waals surface area contributed by atoms with E-state index in [2.05, 4.69) is 0 Å². The Morgan fingerprint density at radius 1 is 1.44 bits per heavy atom. The normalized spacial score (nSPS) is 12.1. The van der Waals surface area contributed by atoms with Crippen molar-refractivity contribution in [3.63, 3.8) is 0 Å². The molecule has 1 aromatic rings. The van der Waals surface area contributed by atoms with Crippen LogP contribution in [0.4, 0.5) is 5.69 Å². The minimum atomic E-state index is -0.966. The van der Waals surface area contributed by atoms with E-state index in [1.807, 2.05) is 0 Å². The molecule has 0 bridgehead atoms. The Bertz CT molecular complexity index is 390. The lowest BCUT2D eigenvalue weighted by atomic mass is 10.0. The molecule has 0 spiro atoms. The van der Waals surface area contributed by atoms with Crippen molar-refractivity contribution in [3.8, 4) is 0 Å². The molecule has 0 radical (unpaired) electrons. The average Bonchev–Trinajstić information content (AvgIpc) is 2.28. The van der Waals surface area contributed by atoms with Gasteiger partial charge in [0.25, 0.3) is 5.69 Å². The van der Waals surface area contributed by atoms with Crippen LogP contribution in [-0.4, -0.2) is 21.7 Å². The van der Waals surface area contributed by atoms with E-state index in [9.17, 15) is 20.0 Å². The number of non-ortho nitro benzene ring substituents is 1. The standard InChI is InChI=1S/C10H10ClNO4/c11-6-9(13)5-10(14)7-1-3-8(4-2-7)12(15)16/h1-4,10,14H,5-6H2/t10-/m1/s1. The predicted octanol–water partition coefficient (Wildman–Crippen LogP) is 1.83. The maximum Gasteiger partial charge on any atom is 0.269 e. The minimum absolute atomic E-state index is 0.0559. The summed E-state index contributed by atoms with van der Waals surface area (Å²) in [6.07, 6.45) is -1.05. The molecule has 86 valence electrons. The molecular formula is C10H10ClNO4. The van der Waals surface area contributed by atoms with Crippen LogP contribution in [0.3, 0.4) is 0 Å². The van der Waals surface area contributed by atoms with Crippen LogP contribution in [0.25, 0.3) is 0 Å². The third-order valence-electron chi connectivity index (χ3n) is 2.06. The van der Waals surface area contributed by atoms with Gasteiger partial charge < -0.3 is 5.11 Å². The molecule has 0 saturated carbocycles. The van der Waals surface area contributed by atoms with Gasteiger partial charge in [-0.2, -0.15) is 0 Å². The number of aliphatic hydroxyl groups is 1. The topological polar surface area (TPSA) is 80.4 Å². The van der Waals surface area contributed by atoms with Crippen LogP contribution >= 0.6 is 11.6 Å². The third-order valence-corrected chi connectivity index (χ3v) is 2.36. The van der Waals surface area contributed by atoms with Crippen molar-refractivity contribution in [2.24, 2.45) is 0 Å². The molecule has 6 heteroatoms. The van der Waals surface area contributed by atoms with Crippen LogP contribution < -0.4 is 0 Å². The SMILES string of the molecule is O=C(CCl)C[C@@H](O)c1ccc([N+](=O)[O-])cc1. The maximum absolute atomic E-state index is 11.0. The van der Waals surface area contributed by atoms with E-state index < -0.39 is 11.0 Å². The van der Waals surface area contributed by atoms with Gasteiger partial charge in [-0.25, -0.2) is 0 Å². The van der Waals surface area contributed by atoms with Gasteiger partial charge in [0.2, 0.25) is 0 Å². The second-order valence-electron chi connectivity index (χ2n) is 3.24. The highest BCUT2D eigenvalue weighted by Crippen LogP contribution is 2.20. The van der Waals surface area contributed by atoms with Crippen molar-refractivity contribution in [2.45, 2.75) is 12.5 Å². The van der Waals surface area contributed by atoms with E-state index in [0.29, 0.717) is 5.56 Å². The molecule has 1 N–H and O–H groups in total. The molecule has 1 atom stereocenters. The number of ketones is 1. The van der Waals surface area contributed by atoms with Crippen LogP contribution in [-0.2, 0) is 4.79 Å². The molecule has 0 heterocycles. The minimum Gasteiger partial charge on any atom is -0.388 e. The number of nitrogens with zero attached hydrogens (tertiary/aromatic N) is 1. The maximum atomic E-state index is 11.0. The number of carbonyl (C=O) groups excluding carboxylic acids is 1. The number of benzene rings is 1. The molecule has 0 fully saturated rings. The molecule has 1 aromatic carbocycles. The van der Waals surface area contributed by atoms with Gasteiger partial charge >= 0.3 is 0 Å². The van der Waals surface area contributed by atoms with Crippen LogP contribution in [0, 0.1) is 10.1 Å². The molecule has 0 aliphatic rings. The first-order chi connectivity index (χ1) is 7.54. The van der Waals surface area contributed by atoms with E-state index in [4.69, 9.17) is 11.6 Å². The lowest BCUT2D eigenvalue weighted by Gasteiger charge is -2.08. The highest BCUT2D eigenvalue weighted by Gasteiger charge is 2.13. The summed E-state index contributed by atoms with van der Waals surface area (Å²) in [5.41, 5.74) is 0.406. The molecule has 0 unspecified atom stereocenters. The first-order valence-electron chi connectivity index (χ1n) is 4.54. The van der Waals surface area contributed by atoms with E-state index in [-0.39, 0.29) is 23.8 Å². The van der Waals surface area contributed by atoms with E-state index in [1.165, 1.54) is 24.3 Å². The molecule has 5 nitrogen and oxygen atoms in total. The molecule has 0 amide bonds. The van der Waals surface area contributed by atoms with Crippen molar-refractivity contribution >= 4 is 23.1 Å². The quantitative estimate of drug-likeness (QED) is 0.486. The first kappa shape index (κ1) is 12.6. The second kappa shape index (κ2) is 5.58. The molecule has 0 aliphatic heterocycles. The van der Waals surface area contributed by atoms with Crippen LogP contribution in [0.5, 0.6) is 0 Å². The average molecular weight is 244 g/mol. The fourth-order valence-electron chi connectivity index (χ4n) is 1.21. The van der Waals surface area contributed by atoms with Crippen molar-refractivity contribution in [2.75, 3.05) is 5.88 Å². The Kier molecular flexibility index (Phi) is 4.39. The number of hydrogen-bond donors (Lipinski definition) is 1. The Labute approximate surface area is 96.8 Å². The van der Waals surface area contributed by atoms with Gasteiger partial charge in [0.05, 0.1) is 16.9 Å². The van der Waals surface area contributed by atoms with Gasteiger partial charge in [0, 0.05) is 18.6 Å². The Balaban J connectivity index is 2.73. The number of nitro benzene ring substituents is 1. The van der Waals surface area contributed by atoms with Crippen molar-refractivity contribution in [1.82, 2.24) is 0 Å². The monoisotopic (exact) mass is 243 g/mol. The smallest absolute Gasteiger partial charge is 0.269 e. The Hall–Kier alpha value is -1.46. The van der Waals surface area contributed by atoms with Crippen molar-refractivity contribution in [3.05, 3.63) is 39.9 Å². The van der Waals surface area contributed by atoms with Gasteiger partial charge in [-0.05, 0) is 17.7 Å². The van der Waals surface area contributed by atoms with E-state index >= 15 is 0 Å².